The average Bonchev–Trinajstić information content (AvgIpc) is 3.58. The Labute approximate surface area is 221 Å². The number of pyridine rings is 1. The molecule has 0 N–H and O–H groups in total. The Morgan fingerprint density at radius 1 is 1.26 bits per heavy atom. The van der Waals surface area contributed by atoms with Gasteiger partial charge in [0.15, 0.2) is 0 Å². The average molecular weight is 520 g/mol. The van der Waals surface area contributed by atoms with E-state index in [-0.39, 0.29) is 12.0 Å². The van der Waals surface area contributed by atoms with Crippen molar-refractivity contribution in [2.75, 3.05) is 33.4 Å². The summed E-state index contributed by atoms with van der Waals surface area (Å²) in [6, 6.07) is 3.89. The molecule has 5 heterocycles. The van der Waals surface area contributed by atoms with Crippen LogP contribution >= 0.6 is 0 Å². The standard InChI is InChI=1S/C27H33N7O4/c1-27(2,3)38-26(35)32-8-5-18(15-32)16-33-17-20(13-30-33)24-22-6-9-37-10-7-23(22)34(31-24)21-11-19(12-28)25(36-4)29-14-21/h11,13-14,17-18H,5-10,15-16H2,1-4H3. The molecule has 1 amide bonds. The maximum absolute atomic E-state index is 12.4. The minimum absolute atomic E-state index is 0.260. The molecule has 5 rings (SSSR count). The molecule has 0 aromatic carbocycles. The Hall–Kier alpha value is -3.91. The van der Waals surface area contributed by atoms with Crippen LogP contribution in [0.4, 0.5) is 4.79 Å². The van der Waals surface area contributed by atoms with Crippen LogP contribution < -0.4 is 4.74 Å². The number of amides is 1. The summed E-state index contributed by atoms with van der Waals surface area (Å²) in [5.74, 6) is 0.588. The molecule has 11 heteroatoms. The van der Waals surface area contributed by atoms with Gasteiger partial charge in [0, 0.05) is 43.4 Å². The Morgan fingerprint density at radius 3 is 2.84 bits per heavy atom. The molecule has 38 heavy (non-hydrogen) atoms. The number of methoxy groups -OCH3 is 1. The number of nitriles is 1. The van der Waals surface area contributed by atoms with Crippen LogP contribution in [0.15, 0.2) is 24.7 Å². The van der Waals surface area contributed by atoms with E-state index < -0.39 is 5.60 Å². The Balaban J connectivity index is 1.38. The van der Waals surface area contributed by atoms with Crippen LogP contribution in [0.3, 0.4) is 0 Å². The third kappa shape index (κ3) is 5.36. The summed E-state index contributed by atoms with van der Waals surface area (Å²) in [4.78, 5) is 18.5. The van der Waals surface area contributed by atoms with Crippen molar-refractivity contribution in [1.82, 2.24) is 29.4 Å². The van der Waals surface area contributed by atoms with Crippen molar-refractivity contribution in [2.45, 2.75) is 52.2 Å². The maximum Gasteiger partial charge on any atom is 0.410 e. The molecule has 0 spiro atoms. The zero-order valence-electron chi connectivity index (χ0n) is 22.3. The summed E-state index contributed by atoms with van der Waals surface area (Å²) < 4.78 is 20.3. The number of aromatic nitrogens is 5. The van der Waals surface area contributed by atoms with E-state index in [2.05, 4.69) is 16.2 Å². The fraction of sp³-hybridized carbons (Fsp3) is 0.519. The van der Waals surface area contributed by atoms with Crippen molar-refractivity contribution >= 4 is 6.09 Å². The van der Waals surface area contributed by atoms with Crippen molar-refractivity contribution < 1.29 is 19.0 Å². The first-order valence-corrected chi connectivity index (χ1v) is 12.9. The first kappa shape index (κ1) is 25.7. The molecule has 0 radical (unpaired) electrons. The second-order valence-electron chi connectivity index (χ2n) is 10.7. The lowest BCUT2D eigenvalue weighted by Gasteiger charge is -2.24. The zero-order chi connectivity index (χ0) is 26.9. The molecule has 1 atom stereocenters. The normalized spacial score (nSPS) is 17.6. The molecule has 2 aliphatic heterocycles. The van der Waals surface area contributed by atoms with E-state index in [0.29, 0.717) is 56.4 Å². The summed E-state index contributed by atoms with van der Waals surface area (Å²) in [5.41, 5.74) is 4.49. The molecule has 1 fully saturated rings. The number of nitrogens with zero attached hydrogens (tertiary/aromatic N) is 7. The van der Waals surface area contributed by atoms with Crippen LogP contribution in [-0.4, -0.2) is 74.6 Å². The van der Waals surface area contributed by atoms with E-state index in [1.54, 1.807) is 17.2 Å². The molecule has 0 bridgehead atoms. The second-order valence-corrected chi connectivity index (χ2v) is 10.7. The monoisotopic (exact) mass is 519 g/mol. The van der Waals surface area contributed by atoms with Crippen LogP contribution in [0.2, 0.25) is 0 Å². The van der Waals surface area contributed by atoms with Crippen LogP contribution in [-0.2, 0) is 28.9 Å². The number of carbonyl (C=O) groups is 1. The van der Waals surface area contributed by atoms with Crippen molar-refractivity contribution in [3.05, 3.63) is 41.5 Å². The molecule has 1 saturated heterocycles. The first-order chi connectivity index (χ1) is 18.3. The van der Waals surface area contributed by atoms with E-state index in [1.807, 2.05) is 42.5 Å². The first-order valence-electron chi connectivity index (χ1n) is 12.9. The number of fused-ring (bicyclic) bond motifs is 1. The molecule has 11 nitrogen and oxygen atoms in total. The van der Waals surface area contributed by atoms with Gasteiger partial charge in [-0.3, -0.25) is 4.68 Å². The van der Waals surface area contributed by atoms with Gasteiger partial charge in [-0.25, -0.2) is 14.5 Å². The highest BCUT2D eigenvalue weighted by Gasteiger charge is 2.30. The number of carbonyl (C=O) groups excluding carboxylic acids is 1. The van der Waals surface area contributed by atoms with Gasteiger partial charge in [-0.2, -0.15) is 15.5 Å². The topological polar surface area (TPSA) is 120 Å². The Kier molecular flexibility index (Phi) is 7.08. The largest absolute Gasteiger partial charge is 0.480 e. The minimum Gasteiger partial charge on any atom is -0.480 e. The maximum atomic E-state index is 12.4. The number of hydrogen-bond donors (Lipinski definition) is 0. The molecule has 3 aromatic heterocycles. The number of likely N-dealkylation sites (tertiary alicyclic amines) is 1. The SMILES string of the molecule is COc1ncc(-n2nc(-c3cnn(CC4CCN(C(=O)OC(C)(C)C)C4)c3)c3c2CCOCC3)cc1C#N. The summed E-state index contributed by atoms with van der Waals surface area (Å²) in [6.07, 6.45) is 7.60. The molecule has 0 aliphatic carbocycles. The Morgan fingerprint density at radius 2 is 2.08 bits per heavy atom. The number of hydrogen-bond acceptors (Lipinski definition) is 8. The van der Waals surface area contributed by atoms with Gasteiger partial charge in [-0.05, 0) is 45.6 Å². The van der Waals surface area contributed by atoms with E-state index in [1.165, 1.54) is 7.11 Å². The second kappa shape index (κ2) is 10.5. The summed E-state index contributed by atoms with van der Waals surface area (Å²) in [6.45, 7) is 8.90. The van der Waals surface area contributed by atoms with Crippen LogP contribution in [0.25, 0.3) is 16.9 Å². The molecule has 0 saturated carbocycles. The highest BCUT2D eigenvalue weighted by atomic mass is 16.6. The lowest BCUT2D eigenvalue weighted by molar-refractivity contribution is 0.0286. The van der Waals surface area contributed by atoms with Gasteiger partial charge in [0.25, 0.3) is 0 Å². The van der Waals surface area contributed by atoms with Crippen molar-refractivity contribution in [3.8, 4) is 28.9 Å². The number of rotatable bonds is 5. The van der Waals surface area contributed by atoms with Crippen LogP contribution in [0.5, 0.6) is 5.88 Å². The van der Waals surface area contributed by atoms with Crippen molar-refractivity contribution in [2.24, 2.45) is 5.92 Å². The smallest absolute Gasteiger partial charge is 0.410 e. The third-order valence-electron chi connectivity index (χ3n) is 6.75. The van der Waals surface area contributed by atoms with E-state index in [4.69, 9.17) is 19.3 Å². The van der Waals surface area contributed by atoms with Gasteiger partial charge in [-0.15, -0.1) is 0 Å². The fourth-order valence-electron chi connectivity index (χ4n) is 5.02. The zero-order valence-corrected chi connectivity index (χ0v) is 22.3. The Bertz CT molecular complexity index is 1360. The summed E-state index contributed by atoms with van der Waals surface area (Å²) in [7, 11) is 1.50. The van der Waals surface area contributed by atoms with Gasteiger partial charge >= 0.3 is 6.09 Å². The van der Waals surface area contributed by atoms with Gasteiger partial charge < -0.3 is 19.1 Å². The fourth-order valence-corrected chi connectivity index (χ4v) is 5.02. The van der Waals surface area contributed by atoms with Gasteiger partial charge in [0.05, 0.1) is 49.8 Å². The molecular weight excluding hydrogens is 486 g/mol. The molecule has 200 valence electrons. The number of ether oxygens (including phenoxy) is 3. The van der Waals surface area contributed by atoms with Crippen molar-refractivity contribution in [3.63, 3.8) is 0 Å². The quantitative estimate of drug-likeness (QED) is 0.503. The van der Waals surface area contributed by atoms with E-state index >= 15 is 0 Å². The predicted octanol–water partition coefficient (Wildman–Crippen LogP) is 3.38. The minimum atomic E-state index is -0.503. The molecule has 3 aromatic rings. The van der Waals surface area contributed by atoms with Crippen molar-refractivity contribution in [1.29, 1.82) is 5.26 Å². The van der Waals surface area contributed by atoms with Crippen LogP contribution in [0.1, 0.15) is 44.0 Å². The van der Waals surface area contributed by atoms with Crippen LogP contribution in [0, 0.1) is 17.2 Å². The third-order valence-corrected chi connectivity index (χ3v) is 6.75. The summed E-state index contributed by atoms with van der Waals surface area (Å²) in [5, 5.41) is 19.1. The predicted molar refractivity (Wildman–Crippen MR) is 138 cm³/mol. The molecular formula is C27H33N7O4. The van der Waals surface area contributed by atoms with E-state index in [9.17, 15) is 10.1 Å². The highest BCUT2D eigenvalue weighted by Crippen LogP contribution is 2.31. The van der Waals surface area contributed by atoms with Gasteiger partial charge in [0.2, 0.25) is 5.88 Å². The summed E-state index contributed by atoms with van der Waals surface area (Å²) >= 11 is 0. The lowest BCUT2D eigenvalue weighted by Crippen LogP contribution is -2.35. The van der Waals surface area contributed by atoms with Gasteiger partial charge in [0.1, 0.15) is 17.2 Å². The van der Waals surface area contributed by atoms with E-state index in [0.717, 1.165) is 35.4 Å². The molecule has 2 aliphatic rings. The van der Waals surface area contributed by atoms with Gasteiger partial charge in [-0.1, -0.05) is 0 Å². The highest BCUT2D eigenvalue weighted by molar-refractivity contribution is 5.68. The lowest BCUT2D eigenvalue weighted by atomic mass is 10.0. The molecule has 1 unspecified atom stereocenters.